The zero-order chi connectivity index (χ0) is 18.2. The number of aromatic amines is 1. The van der Waals surface area contributed by atoms with Crippen LogP contribution in [0.1, 0.15) is 28.8 Å². The summed E-state index contributed by atoms with van der Waals surface area (Å²) in [4.78, 5) is 10.3. The molecule has 0 saturated carbocycles. The lowest BCUT2D eigenvalue weighted by atomic mass is 10.00. The number of allylic oxidation sites excluding steroid dienone is 1. The molecule has 0 bridgehead atoms. The molecule has 0 saturated heterocycles. The molecule has 4 aromatic rings. The van der Waals surface area contributed by atoms with Crippen molar-refractivity contribution in [3.05, 3.63) is 84.4 Å². The number of imidazole rings is 1. The Kier molecular flexibility index (Phi) is 3.90. The molecular weight excluding hydrogens is 338 g/mol. The zero-order valence-corrected chi connectivity index (χ0v) is 15.0. The molecule has 6 nitrogen and oxygen atoms in total. The number of hydrogen-bond donors (Lipinski definition) is 1. The van der Waals surface area contributed by atoms with Gasteiger partial charge in [0.1, 0.15) is 17.4 Å². The quantitative estimate of drug-likeness (QED) is 0.552. The number of furan rings is 1. The van der Waals surface area contributed by atoms with Crippen LogP contribution in [0, 0.1) is 0 Å². The summed E-state index contributed by atoms with van der Waals surface area (Å²) in [6, 6.07) is 10.3. The minimum Gasteiger partial charge on any atom is -0.459 e. The Labute approximate surface area is 157 Å². The fraction of sp³-hybridized carbons (Fsp3) is 0.238. The maximum Gasteiger partial charge on any atom is 0.134 e. The van der Waals surface area contributed by atoms with Crippen LogP contribution in [0.25, 0.3) is 11.0 Å². The Morgan fingerprint density at radius 2 is 2.26 bits per heavy atom. The highest BCUT2D eigenvalue weighted by molar-refractivity contribution is 5.78. The summed E-state index contributed by atoms with van der Waals surface area (Å²) < 4.78 is 8.12. The van der Waals surface area contributed by atoms with Crippen molar-refractivity contribution in [2.45, 2.75) is 25.6 Å². The lowest BCUT2D eigenvalue weighted by Gasteiger charge is -2.33. The molecule has 1 aliphatic rings. The van der Waals surface area contributed by atoms with E-state index >= 15 is 0 Å². The summed E-state index contributed by atoms with van der Waals surface area (Å²) in [5.41, 5.74) is 4.34. The van der Waals surface area contributed by atoms with Gasteiger partial charge >= 0.3 is 0 Å². The number of benzene rings is 1. The lowest BCUT2D eigenvalue weighted by molar-refractivity contribution is 0.181. The van der Waals surface area contributed by atoms with Gasteiger partial charge in [-0.1, -0.05) is 24.3 Å². The van der Waals surface area contributed by atoms with Crippen molar-refractivity contribution in [1.29, 1.82) is 0 Å². The fourth-order valence-corrected chi connectivity index (χ4v) is 3.90. The number of aromatic nitrogens is 4. The van der Waals surface area contributed by atoms with Gasteiger partial charge in [0.25, 0.3) is 0 Å². The van der Waals surface area contributed by atoms with Gasteiger partial charge in [0.05, 0.1) is 24.8 Å². The molecule has 136 valence electrons. The molecule has 1 aliphatic heterocycles. The van der Waals surface area contributed by atoms with Gasteiger partial charge in [-0.25, -0.2) is 4.98 Å². The van der Waals surface area contributed by atoms with E-state index in [0.29, 0.717) is 0 Å². The third kappa shape index (κ3) is 2.88. The van der Waals surface area contributed by atoms with Gasteiger partial charge in [-0.15, -0.1) is 6.58 Å². The van der Waals surface area contributed by atoms with Crippen LogP contribution in [0.15, 0.2) is 66.1 Å². The minimum atomic E-state index is -0.00449. The maximum absolute atomic E-state index is 6.22. The molecule has 5 rings (SSSR count). The van der Waals surface area contributed by atoms with Crippen molar-refractivity contribution in [2.24, 2.45) is 0 Å². The Balaban J connectivity index is 1.52. The van der Waals surface area contributed by atoms with Gasteiger partial charge in [0.15, 0.2) is 0 Å². The topological polar surface area (TPSA) is 62.9 Å². The van der Waals surface area contributed by atoms with Crippen molar-refractivity contribution in [2.75, 3.05) is 6.54 Å². The SMILES string of the molecule is C=CCn1cc(CN2CCc3[nH]cnc3C2c2cc3ccccc3o2)cn1. The summed E-state index contributed by atoms with van der Waals surface area (Å²) in [5, 5.41) is 5.53. The molecule has 0 aliphatic carbocycles. The van der Waals surface area contributed by atoms with Gasteiger partial charge in [0, 0.05) is 42.4 Å². The second-order valence-electron chi connectivity index (χ2n) is 6.94. The first-order chi connectivity index (χ1) is 13.3. The summed E-state index contributed by atoms with van der Waals surface area (Å²) in [5.74, 6) is 0.933. The Hall–Kier alpha value is -3.12. The summed E-state index contributed by atoms with van der Waals surface area (Å²) >= 11 is 0. The third-order valence-electron chi connectivity index (χ3n) is 5.13. The number of nitrogens with zero attached hydrogens (tertiary/aromatic N) is 4. The monoisotopic (exact) mass is 359 g/mol. The van der Waals surface area contributed by atoms with E-state index in [1.165, 1.54) is 11.3 Å². The van der Waals surface area contributed by atoms with Crippen LogP contribution < -0.4 is 0 Å². The van der Waals surface area contributed by atoms with Crippen molar-refractivity contribution >= 4 is 11.0 Å². The van der Waals surface area contributed by atoms with Crippen molar-refractivity contribution in [1.82, 2.24) is 24.6 Å². The number of rotatable bonds is 5. The number of hydrogen-bond acceptors (Lipinski definition) is 4. The lowest BCUT2D eigenvalue weighted by Crippen LogP contribution is -2.35. The van der Waals surface area contributed by atoms with Gasteiger partial charge in [0.2, 0.25) is 0 Å². The molecule has 0 spiro atoms. The Morgan fingerprint density at radius 3 is 3.15 bits per heavy atom. The van der Waals surface area contributed by atoms with Crippen LogP contribution in [0.4, 0.5) is 0 Å². The third-order valence-corrected chi connectivity index (χ3v) is 5.13. The van der Waals surface area contributed by atoms with Crippen molar-refractivity contribution in [3.63, 3.8) is 0 Å². The maximum atomic E-state index is 6.22. The first-order valence-corrected chi connectivity index (χ1v) is 9.19. The van der Waals surface area contributed by atoms with Crippen LogP contribution in [-0.4, -0.2) is 31.2 Å². The highest BCUT2D eigenvalue weighted by Gasteiger charge is 2.33. The molecule has 1 aromatic carbocycles. The van der Waals surface area contributed by atoms with E-state index in [1.807, 2.05) is 35.2 Å². The van der Waals surface area contributed by atoms with E-state index in [-0.39, 0.29) is 6.04 Å². The molecule has 6 heteroatoms. The average Bonchev–Trinajstić information content (AvgIpc) is 3.40. The van der Waals surface area contributed by atoms with Gasteiger partial charge in [-0.2, -0.15) is 5.10 Å². The van der Waals surface area contributed by atoms with E-state index in [4.69, 9.17) is 4.42 Å². The predicted octanol–water partition coefficient (Wildman–Crippen LogP) is 3.69. The number of nitrogens with one attached hydrogen (secondary N) is 1. The second kappa shape index (κ2) is 6.55. The van der Waals surface area contributed by atoms with Crippen molar-refractivity contribution < 1.29 is 4.42 Å². The van der Waals surface area contributed by atoms with E-state index < -0.39 is 0 Å². The first-order valence-electron chi connectivity index (χ1n) is 9.19. The normalized spacial score (nSPS) is 17.3. The van der Waals surface area contributed by atoms with Crippen LogP contribution >= 0.6 is 0 Å². The number of para-hydroxylation sites is 1. The molecule has 27 heavy (non-hydrogen) atoms. The number of H-pyrrole nitrogens is 1. The Bertz CT molecular complexity index is 1060. The fourth-order valence-electron chi connectivity index (χ4n) is 3.90. The van der Waals surface area contributed by atoms with E-state index in [9.17, 15) is 0 Å². The molecule has 3 aromatic heterocycles. The van der Waals surface area contributed by atoms with Gasteiger partial charge in [-0.05, 0) is 12.1 Å². The number of fused-ring (bicyclic) bond motifs is 2. The van der Waals surface area contributed by atoms with Gasteiger partial charge in [-0.3, -0.25) is 9.58 Å². The molecular formula is C21H21N5O. The molecule has 1 atom stereocenters. The standard InChI is InChI=1S/C21H21N5O/c1-2-8-26-13-15(11-24-26)12-25-9-7-17-20(23-14-22-17)21(25)19-10-16-5-3-4-6-18(16)27-19/h2-6,10-11,13-14,21H,1,7-9,12H2,(H,22,23). The summed E-state index contributed by atoms with van der Waals surface area (Å²) in [6.07, 6.45) is 8.60. The molecule has 4 heterocycles. The van der Waals surface area contributed by atoms with Gasteiger partial charge < -0.3 is 9.40 Å². The average molecular weight is 359 g/mol. The Morgan fingerprint density at radius 1 is 1.33 bits per heavy atom. The van der Waals surface area contributed by atoms with Crippen LogP contribution in [0.5, 0.6) is 0 Å². The van der Waals surface area contributed by atoms with Crippen LogP contribution in [0.2, 0.25) is 0 Å². The summed E-state index contributed by atoms with van der Waals surface area (Å²) in [6.45, 7) is 6.23. The first kappa shape index (κ1) is 16.1. The molecule has 0 fully saturated rings. The summed E-state index contributed by atoms with van der Waals surface area (Å²) in [7, 11) is 0. The highest BCUT2D eigenvalue weighted by Crippen LogP contribution is 2.36. The van der Waals surface area contributed by atoms with Crippen LogP contribution in [-0.2, 0) is 19.5 Å². The van der Waals surface area contributed by atoms with Crippen molar-refractivity contribution in [3.8, 4) is 0 Å². The van der Waals surface area contributed by atoms with E-state index in [1.54, 1.807) is 6.33 Å². The highest BCUT2D eigenvalue weighted by atomic mass is 16.3. The largest absolute Gasteiger partial charge is 0.459 e. The minimum absolute atomic E-state index is 0.00449. The van der Waals surface area contributed by atoms with E-state index in [0.717, 1.165) is 48.5 Å². The molecule has 1 N–H and O–H groups in total. The van der Waals surface area contributed by atoms with E-state index in [2.05, 4.69) is 44.9 Å². The van der Waals surface area contributed by atoms with Crippen LogP contribution in [0.3, 0.4) is 0 Å². The molecule has 0 amide bonds. The predicted molar refractivity (Wildman–Crippen MR) is 103 cm³/mol. The zero-order valence-electron chi connectivity index (χ0n) is 15.0. The second-order valence-corrected chi connectivity index (χ2v) is 6.94. The molecule has 0 radical (unpaired) electrons. The molecule has 1 unspecified atom stereocenters. The smallest absolute Gasteiger partial charge is 0.134 e.